The van der Waals surface area contributed by atoms with Crippen molar-refractivity contribution in [2.75, 3.05) is 0 Å². The van der Waals surface area contributed by atoms with Crippen molar-refractivity contribution in [1.29, 1.82) is 5.26 Å². The number of carbonyl (C=O) groups is 1. The van der Waals surface area contributed by atoms with Gasteiger partial charge in [-0.3, -0.25) is 4.99 Å². The first-order chi connectivity index (χ1) is 15.9. The Balaban J connectivity index is 1.85. The van der Waals surface area contributed by atoms with Crippen LogP contribution in [0.25, 0.3) is 22.0 Å². The number of benzene rings is 2. The van der Waals surface area contributed by atoms with Crippen LogP contribution in [0.2, 0.25) is 0 Å². The Bertz CT molecular complexity index is 1300. The van der Waals surface area contributed by atoms with E-state index in [1.54, 1.807) is 12.1 Å². The molecule has 1 aliphatic carbocycles. The lowest BCUT2D eigenvalue weighted by molar-refractivity contribution is 0.0697. The van der Waals surface area contributed by atoms with Crippen LogP contribution in [0.15, 0.2) is 41.4 Å². The van der Waals surface area contributed by atoms with Gasteiger partial charge in [-0.1, -0.05) is 45.2 Å². The first-order valence-electron chi connectivity index (χ1n) is 11.8. The summed E-state index contributed by atoms with van der Waals surface area (Å²) in [7, 11) is 0. The monoisotopic (exact) mass is 439 g/mol. The molecule has 0 spiro atoms. The molecule has 0 amide bonds. The van der Waals surface area contributed by atoms with Crippen LogP contribution in [-0.2, 0) is 12.0 Å². The van der Waals surface area contributed by atoms with Crippen LogP contribution < -0.4 is 0 Å². The zero-order chi connectivity index (χ0) is 23.2. The van der Waals surface area contributed by atoms with Gasteiger partial charge in [0.2, 0.25) is 0 Å². The number of nitriles is 1. The largest absolute Gasteiger partial charge is 0.478 e. The van der Waals surface area contributed by atoms with Crippen molar-refractivity contribution in [3.05, 3.63) is 58.8 Å². The highest BCUT2D eigenvalue weighted by Crippen LogP contribution is 2.47. The molecule has 1 aromatic heterocycles. The Labute approximate surface area is 194 Å². The molecular formula is C28H29N3O2. The Morgan fingerprint density at radius 1 is 1.18 bits per heavy atom. The van der Waals surface area contributed by atoms with E-state index in [-0.39, 0.29) is 11.0 Å². The van der Waals surface area contributed by atoms with E-state index in [1.807, 2.05) is 18.3 Å². The summed E-state index contributed by atoms with van der Waals surface area (Å²) >= 11 is 0. The molecule has 0 radical (unpaired) electrons. The van der Waals surface area contributed by atoms with Crippen LogP contribution in [0.4, 0.5) is 0 Å². The second-order valence-electron chi connectivity index (χ2n) is 10.0. The zero-order valence-corrected chi connectivity index (χ0v) is 19.3. The molecule has 2 aromatic carbocycles. The molecule has 33 heavy (non-hydrogen) atoms. The Morgan fingerprint density at radius 3 is 2.58 bits per heavy atom. The lowest BCUT2D eigenvalue weighted by atomic mass is 9.81. The lowest BCUT2D eigenvalue weighted by Crippen LogP contribution is -2.25. The van der Waals surface area contributed by atoms with Crippen LogP contribution in [0, 0.1) is 11.3 Å². The number of hydrogen-bond donors (Lipinski definition) is 1. The number of nitrogens with zero attached hydrogens (tertiary/aromatic N) is 3. The maximum atomic E-state index is 11.5. The predicted molar refractivity (Wildman–Crippen MR) is 131 cm³/mol. The number of hydrogen-bond acceptors (Lipinski definition) is 3. The molecule has 1 saturated carbocycles. The van der Waals surface area contributed by atoms with Gasteiger partial charge in [0.1, 0.15) is 0 Å². The van der Waals surface area contributed by atoms with Gasteiger partial charge in [-0.05, 0) is 53.8 Å². The maximum Gasteiger partial charge on any atom is 0.335 e. The van der Waals surface area contributed by atoms with Gasteiger partial charge in [-0.25, -0.2) is 4.79 Å². The Morgan fingerprint density at radius 2 is 1.91 bits per heavy atom. The lowest BCUT2D eigenvalue weighted by Gasteiger charge is -2.32. The molecule has 5 rings (SSSR count). The summed E-state index contributed by atoms with van der Waals surface area (Å²) in [4.78, 5) is 15.9. The first kappa shape index (κ1) is 21.5. The fourth-order valence-corrected chi connectivity index (χ4v) is 5.65. The highest BCUT2D eigenvalue weighted by molar-refractivity contribution is 6.03. The summed E-state index contributed by atoms with van der Waals surface area (Å²) in [5.41, 5.74) is 6.83. The number of carboxylic acids is 1. The molecule has 5 heteroatoms. The molecule has 0 atom stereocenters. The Hall–Kier alpha value is -3.39. The smallest absolute Gasteiger partial charge is 0.335 e. The Kier molecular flexibility index (Phi) is 5.32. The van der Waals surface area contributed by atoms with E-state index < -0.39 is 5.97 Å². The van der Waals surface area contributed by atoms with E-state index in [0.717, 1.165) is 24.0 Å². The first-order valence-corrected chi connectivity index (χ1v) is 11.8. The SMILES string of the molecule is CC(C)(CC#N)c1c(-c2ccc(C(=O)O)cc2)c2cc3c(cc2n1C1CCCCC1)C=NC3. The van der Waals surface area contributed by atoms with Crippen molar-refractivity contribution in [2.45, 2.75) is 70.4 Å². The van der Waals surface area contributed by atoms with Gasteiger partial charge in [0.25, 0.3) is 0 Å². The second kappa shape index (κ2) is 8.19. The van der Waals surface area contributed by atoms with E-state index in [1.165, 1.54) is 47.0 Å². The molecule has 0 bridgehead atoms. The van der Waals surface area contributed by atoms with E-state index in [2.05, 4.69) is 41.6 Å². The van der Waals surface area contributed by atoms with Gasteiger partial charge in [0.05, 0.1) is 18.2 Å². The number of fused-ring (bicyclic) bond motifs is 2. The standard InChI is InChI=1S/C28H29N3O2/c1-28(2,12-13-29)26-25(18-8-10-19(11-9-18)27(32)33)23-14-20-16-30-17-21(20)15-24(23)31(26)22-6-4-3-5-7-22/h8-11,14-15,17,22H,3-7,12,16H2,1-2H3,(H,32,33). The topological polar surface area (TPSA) is 78.4 Å². The highest BCUT2D eigenvalue weighted by Gasteiger charge is 2.34. The van der Waals surface area contributed by atoms with Gasteiger partial charge < -0.3 is 9.67 Å². The zero-order valence-electron chi connectivity index (χ0n) is 19.3. The van der Waals surface area contributed by atoms with Crippen molar-refractivity contribution in [1.82, 2.24) is 4.57 Å². The highest BCUT2D eigenvalue weighted by atomic mass is 16.4. The summed E-state index contributed by atoms with van der Waals surface area (Å²) in [6.07, 6.45) is 8.38. The molecule has 168 valence electrons. The van der Waals surface area contributed by atoms with Crippen LogP contribution in [0.5, 0.6) is 0 Å². The summed E-state index contributed by atoms with van der Waals surface area (Å²) < 4.78 is 2.53. The van der Waals surface area contributed by atoms with E-state index in [0.29, 0.717) is 19.0 Å². The molecule has 0 unspecified atom stereocenters. The molecule has 5 nitrogen and oxygen atoms in total. The minimum Gasteiger partial charge on any atom is -0.478 e. The van der Waals surface area contributed by atoms with Crippen LogP contribution >= 0.6 is 0 Å². The molecule has 2 heterocycles. The fraction of sp³-hybridized carbons (Fsp3) is 0.393. The summed E-state index contributed by atoms with van der Waals surface area (Å²) in [6.45, 7) is 5.01. The van der Waals surface area contributed by atoms with Crippen LogP contribution in [-0.4, -0.2) is 21.9 Å². The summed E-state index contributed by atoms with van der Waals surface area (Å²) in [5.74, 6) is -0.925. The summed E-state index contributed by atoms with van der Waals surface area (Å²) in [6, 6.07) is 14.5. The van der Waals surface area contributed by atoms with E-state index in [9.17, 15) is 15.2 Å². The number of rotatable bonds is 5. The number of aromatic nitrogens is 1. The molecule has 1 N–H and O–H groups in total. The van der Waals surface area contributed by atoms with Crippen molar-refractivity contribution in [3.63, 3.8) is 0 Å². The van der Waals surface area contributed by atoms with Crippen molar-refractivity contribution in [3.8, 4) is 17.2 Å². The molecule has 3 aromatic rings. The molecule has 0 saturated heterocycles. The van der Waals surface area contributed by atoms with Gasteiger partial charge in [-0.2, -0.15) is 5.26 Å². The average Bonchev–Trinajstić information content (AvgIpc) is 3.40. The van der Waals surface area contributed by atoms with Crippen molar-refractivity contribution in [2.24, 2.45) is 4.99 Å². The third-order valence-electron chi connectivity index (χ3n) is 7.28. The predicted octanol–water partition coefficient (Wildman–Crippen LogP) is 6.64. The van der Waals surface area contributed by atoms with Crippen LogP contribution in [0.3, 0.4) is 0 Å². The molecule has 1 aliphatic heterocycles. The number of carboxylic acid groups (broad SMARTS) is 1. The molecule has 2 aliphatic rings. The molecular weight excluding hydrogens is 410 g/mol. The van der Waals surface area contributed by atoms with Crippen LogP contribution in [0.1, 0.15) is 85.6 Å². The average molecular weight is 440 g/mol. The minimum absolute atomic E-state index is 0.280. The van der Waals surface area contributed by atoms with Crippen molar-refractivity contribution < 1.29 is 9.90 Å². The third-order valence-corrected chi connectivity index (χ3v) is 7.28. The van der Waals surface area contributed by atoms with Gasteiger partial charge in [0, 0.05) is 46.3 Å². The maximum absolute atomic E-state index is 11.5. The second-order valence-corrected chi connectivity index (χ2v) is 10.0. The minimum atomic E-state index is -0.925. The van der Waals surface area contributed by atoms with Crippen molar-refractivity contribution >= 4 is 23.1 Å². The van der Waals surface area contributed by atoms with Gasteiger partial charge in [-0.15, -0.1) is 0 Å². The third kappa shape index (κ3) is 3.64. The molecule has 1 fully saturated rings. The fourth-order valence-electron chi connectivity index (χ4n) is 5.65. The number of aromatic carboxylic acids is 1. The van der Waals surface area contributed by atoms with E-state index >= 15 is 0 Å². The quantitative estimate of drug-likeness (QED) is 0.484. The van der Waals surface area contributed by atoms with Gasteiger partial charge in [0.15, 0.2) is 0 Å². The normalized spacial score (nSPS) is 16.2. The number of aliphatic imine (C=N–C) groups is 1. The van der Waals surface area contributed by atoms with Gasteiger partial charge >= 0.3 is 5.97 Å². The van der Waals surface area contributed by atoms with E-state index in [4.69, 9.17) is 0 Å². The summed E-state index contributed by atoms with van der Waals surface area (Å²) in [5, 5.41) is 20.3.